The molecule has 0 spiro atoms. The molecule has 0 saturated heterocycles. The number of nitrogens with one attached hydrogen (secondary N) is 1. The monoisotopic (exact) mass is 375 g/mol. The highest BCUT2D eigenvalue weighted by atomic mass is 16.1. The number of fused-ring (bicyclic) bond motifs is 1. The van der Waals surface area contributed by atoms with Crippen molar-refractivity contribution < 1.29 is 4.79 Å². The van der Waals surface area contributed by atoms with Crippen LogP contribution < -0.4 is 5.32 Å². The van der Waals surface area contributed by atoms with Gasteiger partial charge in [0.25, 0.3) is 0 Å². The van der Waals surface area contributed by atoms with Crippen molar-refractivity contribution in [2.45, 2.75) is 58.5 Å². The molecule has 1 saturated carbocycles. The number of carbonyl (C=O) groups excluding carboxylic acids is 1. The predicted molar refractivity (Wildman–Crippen MR) is 113 cm³/mol. The van der Waals surface area contributed by atoms with Gasteiger partial charge in [-0.2, -0.15) is 0 Å². The number of hydrogen-bond donors (Lipinski definition) is 1. The first-order valence-electron chi connectivity index (χ1n) is 10.4. The Hall–Kier alpha value is -2.62. The number of rotatable bonds is 5. The summed E-state index contributed by atoms with van der Waals surface area (Å²) in [4.78, 5) is 17.7. The number of aromatic nitrogens is 2. The van der Waals surface area contributed by atoms with Gasteiger partial charge >= 0.3 is 0 Å². The van der Waals surface area contributed by atoms with Crippen LogP contribution in [0.4, 0.5) is 0 Å². The van der Waals surface area contributed by atoms with E-state index >= 15 is 0 Å². The number of hydrogen-bond acceptors (Lipinski definition) is 2. The minimum Gasteiger partial charge on any atom is -0.346 e. The van der Waals surface area contributed by atoms with E-state index in [1.807, 2.05) is 18.2 Å². The number of amides is 1. The van der Waals surface area contributed by atoms with E-state index in [9.17, 15) is 4.79 Å². The van der Waals surface area contributed by atoms with Gasteiger partial charge in [0.05, 0.1) is 17.1 Å². The van der Waals surface area contributed by atoms with E-state index in [-0.39, 0.29) is 17.9 Å². The van der Waals surface area contributed by atoms with Crippen molar-refractivity contribution in [2.24, 2.45) is 5.92 Å². The molecule has 1 unspecified atom stereocenters. The number of imidazole rings is 1. The molecule has 1 aromatic heterocycles. The first-order chi connectivity index (χ1) is 13.6. The number of benzene rings is 2. The predicted octanol–water partition coefficient (Wildman–Crippen LogP) is 5.15. The molecule has 28 heavy (non-hydrogen) atoms. The molecule has 1 amide bonds. The van der Waals surface area contributed by atoms with Crippen molar-refractivity contribution in [3.63, 3.8) is 0 Å². The number of aryl methyl sites for hydroxylation is 1. The molecule has 0 bridgehead atoms. The molecule has 4 rings (SSSR count). The van der Waals surface area contributed by atoms with E-state index in [2.05, 4.69) is 54.1 Å². The number of nitrogens with zero attached hydrogens (tertiary/aromatic N) is 2. The maximum absolute atomic E-state index is 12.8. The van der Waals surface area contributed by atoms with Gasteiger partial charge in [0.1, 0.15) is 5.82 Å². The summed E-state index contributed by atoms with van der Waals surface area (Å²) >= 11 is 0. The molecular formula is C24H29N3O. The highest BCUT2D eigenvalue weighted by Gasteiger charge is 2.25. The Morgan fingerprint density at radius 3 is 2.61 bits per heavy atom. The van der Waals surface area contributed by atoms with E-state index in [0.717, 1.165) is 49.1 Å². The molecular weight excluding hydrogens is 346 g/mol. The highest BCUT2D eigenvalue weighted by Crippen LogP contribution is 2.26. The third-order valence-corrected chi connectivity index (χ3v) is 6.00. The maximum Gasteiger partial charge on any atom is 0.223 e. The van der Waals surface area contributed by atoms with Crippen molar-refractivity contribution in [1.29, 1.82) is 0 Å². The Balaban J connectivity index is 1.64. The highest BCUT2D eigenvalue weighted by molar-refractivity contribution is 5.80. The SMILES string of the molecule is Cc1ccccc1Cn1c(C(C)NC(=O)C2CCCCC2)nc2ccccc21. The van der Waals surface area contributed by atoms with Crippen molar-refractivity contribution >= 4 is 16.9 Å². The summed E-state index contributed by atoms with van der Waals surface area (Å²) in [5.41, 5.74) is 4.63. The third kappa shape index (κ3) is 3.82. The summed E-state index contributed by atoms with van der Waals surface area (Å²) < 4.78 is 2.25. The topological polar surface area (TPSA) is 46.9 Å². The Bertz CT molecular complexity index is 969. The second kappa shape index (κ2) is 8.17. The van der Waals surface area contributed by atoms with Crippen LogP contribution >= 0.6 is 0 Å². The van der Waals surface area contributed by atoms with Gasteiger partial charge in [0, 0.05) is 12.5 Å². The Labute approximate surface area is 167 Å². The van der Waals surface area contributed by atoms with Gasteiger partial charge in [-0.25, -0.2) is 4.98 Å². The van der Waals surface area contributed by atoms with Gasteiger partial charge in [0.2, 0.25) is 5.91 Å². The molecule has 2 aromatic carbocycles. The van der Waals surface area contributed by atoms with Gasteiger partial charge in [0.15, 0.2) is 0 Å². The van der Waals surface area contributed by atoms with Crippen molar-refractivity contribution in [2.75, 3.05) is 0 Å². The molecule has 146 valence electrons. The average Bonchev–Trinajstić information content (AvgIpc) is 3.09. The minimum absolute atomic E-state index is 0.120. The molecule has 4 nitrogen and oxygen atoms in total. The molecule has 1 heterocycles. The molecule has 1 atom stereocenters. The third-order valence-electron chi connectivity index (χ3n) is 6.00. The van der Waals surface area contributed by atoms with E-state index < -0.39 is 0 Å². The number of para-hydroxylation sites is 2. The summed E-state index contributed by atoms with van der Waals surface area (Å²) in [5, 5.41) is 3.25. The zero-order valence-electron chi connectivity index (χ0n) is 16.8. The summed E-state index contributed by atoms with van der Waals surface area (Å²) in [6.45, 7) is 4.95. The Kier molecular flexibility index (Phi) is 5.47. The minimum atomic E-state index is -0.120. The van der Waals surface area contributed by atoms with Crippen LogP contribution in [0.2, 0.25) is 0 Å². The lowest BCUT2D eigenvalue weighted by molar-refractivity contribution is -0.126. The molecule has 1 aliphatic carbocycles. The first-order valence-corrected chi connectivity index (χ1v) is 10.4. The van der Waals surface area contributed by atoms with Gasteiger partial charge < -0.3 is 9.88 Å². The van der Waals surface area contributed by atoms with Crippen molar-refractivity contribution in [3.8, 4) is 0 Å². The zero-order valence-corrected chi connectivity index (χ0v) is 16.8. The summed E-state index contributed by atoms with van der Waals surface area (Å²) in [6.07, 6.45) is 5.61. The van der Waals surface area contributed by atoms with Gasteiger partial charge in [-0.1, -0.05) is 55.7 Å². The average molecular weight is 376 g/mol. The van der Waals surface area contributed by atoms with E-state index in [1.54, 1.807) is 0 Å². The molecule has 1 N–H and O–H groups in total. The molecule has 0 aliphatic heterocycles. The van der Waals surface area contributed by atoms with Gasteiger partial charge in [-0.3, -0.25) is 4.79 Å². The van der Waals surface area contributed by atoms with Gasteiger partial charge in [-0.15, -0.1) is 0 Å². The van der Waals surface area contributed by atoms with Crippen LogP contribution in [0.1, 0.15) is 62.0 Å². The largest absolute Gasteiger partial charge is 0.346 e. The van der Waals surface area contributed by atoms with Crippen molar-refractivity contribution in [1.82, 2.24) is 14.9 Å². The second-order valence-corrected chi connectivity index (χ2v) is 8.04. The Morgan fingerprint density at radius 1 is 1.11 bits per heavy atom. The fraction of sp³-hybridized carbons (Fsp3) is 0.417. The van der Waals surface area contributed by atoms with E-state index in [1.165, 1.54) is 17.5 Å². The lowest BCUT2D eigenvalue weighted by Gasteiger charge is -2.23. The quantitative estimate of drug-likeness (QED) is 0.670. The molecule has 4 heteroatoms. The summed E-state index contributed by atoms with van der Waals surface area (Å²) in [7, 11) is 0. The standard InChI is InChI=1S/C24H29N3O/c1-17-10-6-7-13-20(17)16-27-22-15-9-8-14-21(22)26-23(27)18(2)25-24(28)19-11-4-3-5-12-19/h6-10,13-15,18-19H,3-5,11-12,16H2,1-2H3,(H,25,28). The second-order valence-electron chi connectivity index (χ2n) is 8.04. The van der Waals surface area contributed by atoms with Crippen LogP contribution in [0.5, 0.6) is 0 Å². The normalized spacial score (nSPS) is 16.2. The van der Waals surface area contributed by atoms with Crippen molar-refractivity contribution in [3.05, 3.63) is 65.5 Å². The lowest BCUT2D eigenvalue weighted by Crippen LogP contribution is -2.35. The smallest absolute Gasteiger partial charge is 0.223 e. The van der Waals surface area contributed by atoms with Crippen LogP contribution in [-0.2, 0) is 11.3 Å². The van der Waals surface area contributed by atoms with Crippen LogP contribution in [0.25, 0.3) is 11.0 Å². The van der Waals surface area contributed by atoms with E-state index in [4.69, 9.17) is 4.98 Å². The summed E-state index contributed by atoms with van der Waals surface area (Å²) in [5.74, 6) is 1.26. The fourth-order valence-corrected chi connectivity index (χ4v) is 4.31. The first kappa shape index (κ1) is 18.7. The maximum atomic E-state index is 12.8. The molecule has 1 aliphatic rings. The summed E-state index contributed by atoms with van der Waals surface area (Å²) in [6, 6.07) is 16.6. The van der Waals surface area contributed by atoms with E-state index in [0.29, 0.717) is 0 Å². The van der Waals surface area contributed by atoms with Gasteiger partial charge in [-0.05, 0) is 49.9 Å². The zero-order chi connectivity index (χ0) is 19.5. The molecule has 3 aromatic rings. The van der Waals surface area contributed by atoms with Crippen LogP contribution in [0.3, 0.4) is 0 Å². The van der Waals surface area contributed by atoms with Crippen LogP contribution in [0, 0.1) is 12.8 Å². The fourth-order valence-electron chi connectivity index (χ4n) is 4.31. The number of carbonyl (C=O) groups is 1. The Morgan fingerprint density at radius 2 is 1.82 bits per heavy atom. The van der Waals surface area contributed by atoms with Crippen LogP contribution in [-0.4, -0.2) is 15.5 Å². The molecule has 0 radical (unpaired) electrons. The lowest BCUT2D eigenvalue weighted by atomic mass is 9.88. The molecule has 1 fully saturated rings. The van der Waals surface area contributed by atoms with Crippen LogP contribution in [0.15, 0.2) is 48.5 Å².